The minimum absolute atomic E-state index is 0.0197. The van der Waals surface area contributed by atoms with Crippen LogP contribution in [0.15, 0.2) is 48.5 Å². The van der Waals surface area contributed by atoms with E-state index < -0.39 is 0 Å². The number of amides is 1. The Morgan fingerprint density at radius 1 is 1.11 bits per heavy atom. The fourth-order valence-corrected chi connectivity index (χ4v) is 1.99. The average molecular weight is 274 g/mol. The molecule has 0 saturated heterocycles. The van der Waals surface area contributed by atoms with Crippen molar-refractivity contribution in [3.05, 3.63) is 70.2 Å². The van der Waals surface area contributed by atoms with Crippen LogP contribution >= 0.6 is 11.6 Å². The molecular weight excluding hydrogens is 258 g/mol. The summed E-state index contributed by atoms with van der Waals surface area (Å²) in [5, 5.41) is 3.53. The molecule has 0 bridgehead atoms. The van der Waals surface area contributed by atoms with Gasteiger partial charge in [0, 0.05) is 11.6 Å². The van der Waals surface area contributed by atoms with E-state index in [1.165, 1.54) is 5.56 Å². The van der Waals surface area contributed by atoms with Crippen molar-refractivity contribution in [2.75, 3.05) is 0 Å². The molecule has 0 unspecified atom stereocenters. The molecule has 0 heterocycles. The zero-order valence-corrected chi connectivity index (χ0v) is 11.6. The molecule has 1 N–H and O–H groups in total. The lowest BCUT2D eigenvalue weighted by Gasteiger charge is -2.07. The number of nitrogens with one attached hydrogen (secondary N) is 1. The van der Waals surface area contributed by atoms with Gasteiger partial charge in [-0.1, -0.05) is 59.6 Å². The zero-order valence-electron chi connectivity index (χ0n) is 10.8. The summed E-state index contributed by atoms with van der Waals surface area (Å²) >= 11 is 6.02. The quantitative estimate of drug-likeness (QED) is 0.907. The van der Waals surface area contributed by atoms with Crippen LogP contribution in [0.2, 0.25) is 5.02 Å². The maximum Gasteiger partial charge on any atom is 0.224 e. The van der Waals surface area contributed by atoms with Crippen molar-refractivity contribution in [1.29, 1.82) is 0 Å². The van der Waals surface area contributed by atoms with Crippen molar-refractivity contribution in [2.24, 2.45) is 0 Å². The van der Waals surface area contributed by atoms with Crippen LogP contribution < -0.4 is 5.32 Å². The van der Waals surface area contributed by atoms with Gasteiger partial charge in [-0.05, 0) is 24.1 Å². The molecular formula is C16H16ClNO. The predicted octanol–water partition coefficient (Wildman–Crippen LogP) is 3.51. The second-order valence-corrected chi connectivity index (χ2v) is 4.94. The first-order chi connectivity index (χ1) is 9.15. The molecule has 0 aromatic heterocycles. The van der Waals surface area contributed by atoms with Crippen molar-refractivity contribution in [2.45, 2.75) is 19.9 Å². The van der Waals surface area contributed by atoms with E-state index in [2.05, 4.69) is 5.32 Å². The summed E-state index contributed by atoms with van der Waals surface area (Å²) < 4.78 is 0. The fraction of sp³-hybridized carbons (Fsp3) is 0.188. The Hall–Kier alpha value is -1.80. The Morgan fingerprint density at radius 2 is 1.79 bits per heavy atom. The van der Waals surface area contributed by atoms with Crippen LogP contribution in [0.1, 0.15) is 16.7 Å². The van der Waals surface area contributed by atoms with Crippen LogP contribution in [-0.2, 0) is 17.8 Å². The highest BCUT2D eigenvalue weighted by atomic mass is 35.5. The number of benzene rings is 2. The Morgan fingerprint density at radius 3 is 2.47 bits per heavy atom. The summed E-state index contributed by atoms with van der Waals surface area (Å²) in [5.41, 5.74) is 3.16. The van der Waals surface area contributed by atoms with E-state index in [9.17, 15) is 4.79 Å². The van der Waals surface area contributed by atoms with Gasteiger partial charge in [0.05, 0.1) is 6.42 Å². The molecule has 0 radical (unpaired) electrons. The SMILES string of the molecule is Cc1ccc(CNC(=O)Cc2ccccc2Cl)cc1. The van der Waals surface area contributed by atoms with E-state index >= 15 is 0 Å². The molecule has 1 amide bonds. The highest BCUT2D eigenvalue weighted by molar-refractivity contribution is 6.31. The van der Waals surface area contributed by atoms with Gasteiger partial charge in [0.2, 0.25) is 5.91 Å². The van der Waals surface area contributed by atoms with Gasteiger partial charge in [-0.15, -0.1) is 0 Å². The number of hydrogen-bond donors (Lipinski definition) is 1. The summed E-state index contributed by atoms with van der Waals surface area (Å²) in [6.45, 7) is 2.59. The highest BCUT2D eigenvalue weighted by Crippen LogP contribution is 2.15. The van der Waals surface area contributed by atoms with Crippen LogP contribution in [-0.4, -0.2) is 5.91 Å². The lowest BCUT2D eigenvalue weighted by atomic mass is 10.1. The lowest BCUT2D eigenvalue weighted by Crippen LogP contribution is -2.24. The predicted molar refractivity (Wildman–Crippen MR) is 78.2 cm³/mol. The topological polar surface area (TPSA) is 29.1 Å². The number of carbonyl (C=O) groups excluding carboxylic acids is 1. The monoisotopic (exact) mass is 273 g/mol. The normalized spacial score (nSPS) is 10.2. The summed E-state index contributed by atoms with van der Waals surface area (Å²) in [4.78, 5) is 11.8. The van der Waals surface area contributed by atoms with Crippen molar-refractivity contribution in [3.8, 4) is 0 Å². The minimum atomic E-state index is -0.0197. The van der Waals surface area contributed by atoms with Crippen molar-refractivity contribution < 1.29 is 4.79 Å². The van der Waals surface area contributed by atoms with Crippen LogP contribution in [0, 0.1) is 6.92 Å². The third-order valence-corrected chi connectivity index (χ3v) is 3.29. The average Bonchev–Trinajstić information content (AvgIpc) is 2.41. The second kappa shape index (κ2) is 6.39. The van der Waals surface area contributed by atoms with E-state index in [0.717, 1.165) is 11.1 Å². The molecule has 0 atom stereocenters. The van der Waals surface area contributed by atoms with Crippen molar-refractivity contribution in [1.82, 2.24) is 5.32 Å². The molecule has 2 aromatic rings. The first kappa shape index (κ1) is 13.6. The van der Waals surface area contributed by atoms with Gasteiger partial charge in [-0.2, -0.15) is 0 Å². The van der Waals surface area contributed by atoms with E-state index in [0.29, 0.717) is 18.0 Å². The third kappa shape index (κ3) is 4.11. The molecule has 0 fully saturated rings. The number of hydrogen-bond acceptors (Lipinski definition) is 1. The molecule has 98 valence electrons. The molecule has 0 spiro atoms. The molecule has 2 rings (SSSR count). The Bertz CT molecular complexity index is 563. The Labute approximate surface area is 118 Å². The number of halogens is 1. The van der Waals surface area contributed by atoms with Gasteiger partial charge >= 0.3 is 0 Å². The van der Waals surface area contributed by atoms with E-state index in [1.807, 2.05) is 49.4 Å². The molecule has 19 heavy (non-hydrogen) atoms. The maximum absolute atomic E-state index is 11.8. The standard InChI is InChI=1S/C16H16ClNO/c1-12-6-8-13(9-7-12)11-18-16(19)10-14-4-2-3-5-15(14)17/h2-9H,10-11H2,1H3,(H,18,19). The van der Waals surface area contributed by atoms with Gasteiger partial charge in [0.25, 0.3) is 0 Å². The first-order valence-electron chi connectivity index (χ1n) is 6.21. The summed E-state index contributed by atoms with van der Waals surface area (Å²) in [6.07, 6.45) is 0.311. The van der Waals surface area contributed by atoms with Crippen molar-refractivity contribution >= 4 is 17.5 Å². The first-order valence-corrected chi connectivity index (χ1v) is 6.58. The molecule has 2 nitrogen and oxygen atoms in total. The number of carbonyl (C=O) groups is 1. The van der Waals surface area contributed by atoms with Gasteiger partial charge in [0.1, 0.15) is 0 Å². The summed E-state index contributed by atoms with van der Waals surface area (Å²) in [6, 6.07) is 15.5. The highest BCUT2D eigenvalue weighted by Gasteiger charge is 2.06. The Kier molecular flexibility index (Phi) is 4.58. The lowest BCUT2D eigenvalue weighted by molar-refractivity contribution is -0.120. The largest absolute Gasteiger partial charge is 0.352 e. The molecule has 3 heteroatoms. The van der Waals surface area contributed by atoms with Crippen LogP contribution in [0.3, 0.4) is 0 Å². The molecule has 0 aliphatic carbocycles. The minimum Gasteiger partial charge on any atom is -0.352 e. The van der Waals surface area contributed by atoms with E-state index in [-0.39, 0.29) is 5.91 Å². The summed E-state index contributed by atoms with van der Waals surface area (Å²) in [7, 11) is 0. The molecule has 0 aliphatic rings. The van der Waals surface area contributed by atoms with Gasteiger partial charge in [-0.25, -0.2) is 0 Å². The van der Waals surface area contributed by atoms with Crippen LogP contribution in [0.4, 0.5) is 0 Å². The molecule has 0 saturated carbocycles. The van der Waals surface area contributed by atoms with Crippen molar-refractivity contribution in [3.63, 3.8) is 0 Å². The third-order valence-electron chi connectivity index (χ3n) is 2.92. The Balaban J connectivity index is 1.88. The molecule has 2 aromatic carbocycles. The zero-order chi connectivity index (χ0) is 13.7. The van der Waals surface area contributed by atoms with Gasteiger partial charge in [0.15, 0.2) is 0 Å². The van der Waals surface area contributed by atoms with Gasteiger partial charge < -0.3 is 5.32 Å². The number of rotatable bonds is 4. The molecule has 0 aliphatic heterocycles. The van der Waals surface area contributed by atoms with E-state index in [4.69, 9.17) is 11.6 Å². The number of aryl methyl sites for hydroxylation is 1. The van der Waals surface area contributed by atoms with E-state index in [1.54, 1.807) is 6.07 Å². The maximum atomic E-state index is 11.8. The summed E-state index contributed by atoms with van der Waals surface area (Å²) in [5.74, 6) is -0.0197. The smallest absolute Gasteiger partial charge is 0.224 e. The van der Waals surface area contributed by atoms with Crippen LogP contribution in [0.25, 0.3) is 0 Å². The second-order valence-electron chi connectivity index (χ2n) is 4.53. The fourth-order valence-electron chi connectivity index (χ4n) is 1.78. The van der Waals surface area contributed by atoms with Crippen LogP contribution in [0.5, 0.6) is 0 Å². The van der Waals surface area contributed by atoms with Gasteiger partial charge in [-0.3, -0.25) is 4.79 Å².